The zero-order chi connectivity index (χ0) is 18.0. The number of ether oxygens (including phenoxy) is 1. The number of benzene rings is 1. The Morgan fingerprint density at radius 2 is 2.24 bits per heavy atom. The van der Waals surface area contributed by atoms with Crippen molar-refractivity contribution in [1.29, 1.82) is 0 Å². The number of nitrogens with one attached hydrogen (secondary N) is 1. The molecule has 7 heteroatoms. The number of nitrogens with zero attached hydrogens (tertiary/aromatic N) is 3. The van der Waals surface area contributed by atoms with Gasteiger partial charge in [-0.25, -0.2) is 4.68 Å². The molecule has 132 valence electrons. The Labute approximate surface area is 151 Å². The van der Waals surface area contributed by atoms with Crippen LogP contribution in [0.4, 0.5) is 5.95 Å². The van der Waals surface area contributed by atoms with Crippen LogP contribution in [0.3, 0.4) is 0 Å². The van der Waals surface area contributed by atoms with Crippen LogP contribution in [0.5, 0.6) is 5.75 Å². The van der Waals surface area contributed by atoms with E-state index >= 15 is 0 Å². The molecule has 0 amide bonds. The summed E-state index contributed by atoms with van der Waals surface area (Å²) in [5, 5.41) is 8.58. The van der Waals surface area contributed by atoms with E-state index in [4.69, 9.17) is 4.74 Å². The number of aromatic nitrogens is 3. The smallest absolute Gasteiger partial charge is 0.227 e. The van der Waals surface area contributed by atoms with Gasteiger partial charge in [-0.3, -0.25) is 4.79 Å². The van der Waals surface area contributed by atoms with Crippen molar-refractivity contribution in [2.75, 3.05) is 18.2 Å². The van der Waals surface area contributed by atoms with Crippen LogP contribution < -0.4 is 10.1 Å². The summed E-state index contributed by atoms with van der Waals surface area (Å²) in [5.74, 6) is 2.38. The number of rotatable bonds is 6. The van der Waals surface area contributed by atoms with Crippen molar-refractivity contribution >= 4 is 23.5 Å². The lowest BCUT2D eigenvalue weighted by molar-refractivity contribution is -0.114. The molecule has 1 atom stereocenters. The van der Waals surface area contributed by atoms with Gasteiger partial charge in [0, 0.05) is 17.0 Å². The van der Waals surface area contributed by atoms with Gasteiger partial charge >= 0.3 is 0 Å². The lowest BCUT2D eigenvalue weighted by Gasteiger charge is -2.28. The predicted octanol–water partition coefficient (Wildman–Crippen LogP) is 3.67. The number of Topliss-reactive ketones (excluding diaryl/α,β-unsaturated/α-hetero) is 1. The van der Waals surface area contributed by atoms with Crippen LogP contribution in [0.1, 0.15) is 38.8 Å². The SMILES string of the molecule is CCCSc1nc2n(n1)C(c1cccc(OC)c1)C(C(C)=O)=C(C)N2. The highest BCUT2D eigenvalue weighted by Crippen LogP contribution is 2.37. The fraction of sp³-hybridized carbons (Fsp3) is 0.389. The van der Waals surface area contributed by atoms with E-state index in [1.54, 1.807) is 30.5 Å². The summed E-state index contributed by atoms with van der Waals surface area (Å²) in [6.07, 6.45) is 1.05. The minimum Gasteiger partial charge on any atom is -0.497 e. The highest BCUT2D eigenvalue weighted by Gasteiger charge is 2.32. The molecular weight excluding hydrogens is 336 g/mol. The fourth-order valence-corrected chi connectivity index (χ4v) is 3.65. The molecule has 0 spiro atoms. The highest BCUT2D eigenvalue weighted by atomic mass is 32.2. The first-order chi connectivity index (χ1) is 12.0. The molecule has 0 bridgehead atoms. The standard InChI is InChI=1S/C18H22N4O2S/c1-5-9-25-18-20-17-19-11(2)15(12(3)23)16(22(17)21-18)13-7-6-8-14(10-13)24-4/h6-8,10,16H,5,9H2,1-4H3,(H,19,20,21). The summed E-state index contributed by atoms with van der Waals surface area (Å²) < 4.78 is 7.15. The minimum absolute atomic E-state index is 0.0155. The second-order valence-electron chi connectivity index (χ2n) is 5.91. The first-order valence-corrected chi connectivity index (χ1v) is 9.25. The molecule has 0 saturated heterocycles. The maximum Gasteiger partial charge on any atom is 0.227 e. The topological polar surface area (TPSA) is 69.0 Å². The highest BCUT2D eigenvalue weighted by molar-refractivity contribution is 7.99. The average molecular weight is 358 g/mol. The predicted molar refractivity (Wildman–Crippen MR) is 99.2 cm³/mol. The molecule has 0 aliphatic carbocycles. The third kappa shape index (κ3) is 3.42. The lowest BCUT2D eigenvalue weighted by atomic mass is 9.93. The van der Waals surface area contributed by atoms with E-state index in [1.807, 2.05) is 31.2 Å². The summed E-state index contributed by atoms with van der Waals surface area (Å²) in [4.78, 5) is 16.9. The molecule has 1 aliphatic heterocycles. The Morgan fingerprint density at radius 3 is 2.92 bits per heavy atom. The van der Waals surface area contributed by atoms with Gasteiger partial charge in [-0.1, -0.05) is 30.8 Å². The normalized spacial score (nSPS) is 16.4. The Kier molecular flexibility index (Phi) is 5.13. The van der Waals surface area contributed by atoms with E-state index in [-0.39, 0.29) is 11.8 Å². The number of anilines is 1. The minimum atomic E-state index is -0.313. The van der Waals surface area contributed by atoms with Gasteiger partial charge < -0.3 is 10.1 Å². The van der Waals surface area contributed by atoms with Crippen molar-refractivity contribution in [2.45, 2.75) is 38.4 Å². The van der Waals surface area contributed by atoms with Crippen molar-refractivity contribution < 1.29 is 9.53 Å². The molecule has 1 aromatic heterocycles. The zero-order valence-corrected chi connectivity index (χ0v) is 15.7. The van der Waals surface area contributed by atoms with Gasteiger partial charge in [0.05, 0.1) is 7.11 Å². The molecule has 0 radical (unpaired) electrons. The third-order valence-corrected chi connectivity index (χ3v) is 5.10. The van der Waals surface area contributed by atoms with Crippen LogP contribution in [-0.4, -0.2) is 33.4 Å². The van der Waals surface area contributed by atoms with E-state index in [0.29, 0.717) is 11.5 Å². The van der Waals surface area contributed by atoms with Crippen molar-refractivity contribution in [3.05, 3.63) is 41.1 Å². The number of carbonyl (C=O) groups is 1. The molecule has 2 heterocycles. The summed E-state index contributed by atoms with van der Waals surface area (Å²) >= 11 is 1.62. The lowest BCUT2D eigenvalue weighted by Crippen LogP contribution is -2.27. The van der Waals surface area contributed by atoms with Gasteiger partial charge in [-0.05, 0) is 38.0 Å². The van der Waals surface area contributed by atoms with Gasteiger partial charge in [-0.2, -0.15) is 4.98 Å². The Bertz CT molecular complexity index is 828. The fourth-order valence-electron chi connectivity index (χ4n) is 2.96. The van der Waals surface area contributed by atoms with E-state index in [2.05, 4.69) is 22.3 Å². The Morgan fingerprint density at radius 1 is 1.44 bits per heavy atom. The average Bonchev–Trinajstić information content (AvgIpc) is 3.00. The van der Waals surface area contributed by atoms with Gasteiger partial charge in [0.1, 0.15) is 11.8 Å². The van der Waals surface area contributed by atoms with Crippen LogP contribution in [0.25, 0.3) is 0 Å². The maximum atomic E-state index is 12.3. The zero-order valence-electron chi connectivity index (χ0n) is 14.9. The van der Waals surface area contributed by atoms with E-state index < -0.39 is 0 Å². The van der Waals surface area contributed by atoms with E-state index in [9.17, 15) is 4.79 Å². The second-order valence-corrected chi connectivity index (χ2v) is 6.97. The second kappa shape index (κ2) is 7.31. The van der Waals surface area contributed by atoms with Crippen LogP contribution in [-0.2, 0) is 4.79 Å². The molecule has 2 aromatic rings. The van der Waals surface area contributed by atoms with Crippen LogP contribution in [0.15, 0.2) is 40.7 Å². The molecule has 1 unspecified atom stereocenters. The van der Waals surface area contributed by atoms with Crippen molar-refractivity contribution in [1.82, 2.24) is 14.8 Å². The molecule has 1 N–H and O–H groups in total. The summed E-state index contributed by atoms with van der Waals surface area (Å²) in [6, 6.07) is 7.43. The number of fused-ring (bicyclic) bond motifs is 1. The molecule has 1 aromatic carbocycles. The van der Waals surface area contributed by atoms with Gasteiger partial charge in [0.2, 0.25) is 11.1 Å². The number of carbonyl (C=O) groups excluding carboxylic acids is 1. The van der Waals surface area contributed by atoms with Crippen LogP contribution in [0, 0.1) is 0 Å². The number of hydrogen-bond donors (Lipinski definition) is 1. The molecule has 0 fully saturated rings. The molecule has 6 nitrogen and oxygen atoms in total. The number of hydrogen-bond acceptors (Lipinski definition) is 6. The monoisotopic (exact) mass is 358 g/mol. The van der Waals surface area contributed by atoms with Crippen LogP contribution in [0.2, 0.25) is 0 Å². The van der Waals surface area contributed by atoms with Crippen molar-refractivity contribution in [3.8, 4) is 5.75 Å². The first kappa shape index (κ1) is 17.5. The largest absolute Gasteiger partial charge is 0.497 e. The van der Waals surface area contributed by atoms with Gasteiger partial charge in [-0.15, -0.1) is 5.10 Å². The first-order valence-electron chi connectivity index (χ1n) is 8.27. The number of allylic oxidation sites excluding steroid dienone is 2. The number of thioether (sulfide) groups is 1. The van der Waals surface area contributed by atoms with Crippen LogP contribution >= 0.6 is 11.8 Å². The summed E-state index contributed by atoms with van der Waals surface area (Å²) in [6.45, 7) is 5.61. The molecule has 0 saturated carbocycles. The van der Waals surface area contributed by atoms with Crippen molar-refractivity contribution in [2.24, 2.45) is 0 Å². The maximum absolute atomic E-state index is 12.3. The van der Waals surface area contributed by atoms with Gasteiger partial charge in [0.25, 0.3) is 0 Å². The van der Waals surface area contributed by atoms with E-state index in [0.717, 1.165) is 34.3 Å². The van der Waals surface area contributed by atoms with Gasteiger partial charge in [0.15, 0.2) is 5.78 Å². The molecule has 3 rings (SSSR count). The molecular formula is C18H22N4O2S. The van der Waals surface area contributed by atoms with Crippen molar-refractivity contribution in [3.63, 3.8) is 0 Å². The number of ketones is 1. The quantitative estimate of drug-likeness (QED) is 0.795. The molecule has 25 heavy (non-hydrogen) atoms. The Balaban J connectivity index is 2.11. The third-order valence-electron chi connectivity index (χ3n) is 4.06. The summed E-state index contributed by atoms with van der Waals surface area (Å²) in [7, 11) is 1.63. The summed E-state index contributed by atoms with van der Waals surface area (Å²) in [5.41, 5.74) is 2.45. The van der Waals surface area contributed by atoms with E-state index in [1.165, 1.54) is 0 Å². The Hall–Kier alpha value is -2.28. The molecule has 1 aliphatic rings. The number of methoxy groups -OCH3 is 1.